The van der Waals surface area contributed by atoms with Crippen LogP contribution in [0.25, 0.3) is 0 Å². The Morgan fingerprint density at radius 3 is 2.56 bits per heavy atom. The first-order valence-electron chi connectivity index (χ1n) is 5.83. The number of Topliss-reactive ketones (excluding diaryl/α,β-unsaturated/α-hetero) is 1. The zero-order valence-corrected chi connectivity index (χ0v) is 11.5. The van der Waals surface area contributed by atoms with Gasteiger partial charge in [0.15, 0.2) is 16.6 Å². The summed E-state index contributed by atoms with van der Waals surface area (Å²) in [4.78, 5) is 27.6. The van der Waals surface area contributed by atoms with E-state index in [1.165, 1.54) is 31.8 Å². The standard InChI is InChI=1S/C12H16N2O3S/c1-7(15)9-8(10(16)17-3)13-11(18-9)14-12(2)5-4-6-12/h4-6H2,1-3H3,(H,13,14). The highest BCUT2D eigenvalue weighted by molar-refractivity contribution is 7.17. The maximum atomic E-state index is 11.5. The van der Waals surface area contributed by atoms with E-state index < -0.39 is 5.97 Å². The van der Waals surface area contributed by atoms with Crippen molar-refractivity contribution in [2.45, 2.75) is 38.6 Å². The number of nitrogens with zero attached hydrogens (tertiary/aromatic N) is 1. The number of ketones is 1. The van der Waals surface area contributed by atoms with Gasteiger partial charge in [-0.05, 0) is 26.2 Å². The summed E-state index contributed by atoms with van der Waals surface area (Å²) in [6, 6.07) is 0. The Bertz CT molecular complexity index is 492. The van der Waals surface area contributed by atoms with Crippen molar-refractivity contribution in [1.82, 2.24) is 4.98 Å². The molecule has 98 valence electrons. The summed E-state index contributed by atoms with van der Waals surface area (Å²) in [6.07, 6.45) is 3.35. The van der Waals surface area contributed by atoms with Crippen LogP contribution < -0.4 is 5.32 Å². The van der Waals surface area contributed by atoms with E-state index in [0.29, 0.717) is 10.0 Å². The number of rotatable bonds is 4. The van der Waals surface area contributed by atoms with Crippen LogP contribution in [0.3, 0.4) is 0 Å². The highest BCUT2D eigenvalue weighted by atomic mass is 32.1. The molecule has 0 spiro atoms. The van der Waals surface area contributed by atoms with Crippen molar-refractivity contribution >= 4 is 28.2 Å². The molecule has 18 heavy (non-hydrogen) atoms. The zero-order valence-electron chi connectivity index (χ0n) is 10.7. The molecule has 0 saturated heterocycles. The van der Waals surface area contributed by atoms with Gasteiger partial charge in [-0.15, -0.1) is 0 Å². The summed E-state index contributed by atoms with van der Waals surface area (Å²) in [6.45, 7) is 3.54. The van der Waals surface area contributed by atoms with E-state index >= 15 is 0 Å². The highest BCUT2D eigenvalue weighted by Crippen LogP contribution is 2.36. The van der Waals surface area contributed by atoms with Crippen molar-refractivity contribution in [2.24, 2.45) is 0 Å². The van der Waals surface area contributed by atoms with Crippen LogP contribution in [0, 0.1) is 0 Å². The number of carbonyl (C=O) groups excluding carboxylic acids is 2. The molecule has 0 aliphatic heterocycles. The Morgan fingerprint density at radius 1 is 1.44 bits per heavy atom. The van der Waals surface area contributed by atoms with Gasteiger partial charge in [0.05, 0.1) is 7.11 Å². The molecule has 1 aromatic heterocycles. The number of thiazole rings is 1. The van der Waals surface area contributed by atoms with Gasteiger partial charge < -0.3 is 10.1 Å². The van der Waals surface area contributed by atoms with E-state index in [2.05, 4.69) is 22.0 Å². The molecule has 1 N–H and O–H groups in total. The summed E-state index contributed by atoms with van der Waals surface area (Å²) in [5.41, 5.74) is 0.152. The summed E-state index contributed by atoms with van der Waals surface area (Å²) in [5.74, 6) is -0.733. The van der Waals surface area contributed by atoms with Crippen molar-refractivity contribution in [2.75, 3.05) is 12.4 Å². The second kappa shape index (κ2) is 4.68. The predicted molar refractivity (Wildman–Crippen MR) is 69.3 cm³/mol. The molecule has 0 radical (unpaired) electrons. The van der Waals surface area contributed by atoms with E-state index in [0.717, 1.165) is 12.8 Å². The SMILES string of the molecule is COC(=O)c1nc(NC2(C)CCC2)sc1C(C)=O. The minimum Gasteiger partial charge on any atom is -0.464 e. The molecule has 1 fully saturated rings. The molecule has 6 heteroatoms. The van der Waals surface area contributed by atoms with Crippen LogP contribution in [-0.2, 0) is 4.74 Å². The monoisotopic (exact) mass is 268 g/mol. The first-order valence-corrected chi connectivity index (χ1v) is 6.65. The van der Waals surface area contributed by atoms with Gasteiger partial charge in [-0.1, -0.05) is 11.3 Å². The molecule has 1 heterocycles. The van der Waals surface area contributed by atoms with Crippen LogP contribution in [0.2, 0.25) is 0 Å². The maximum Gasteiger partial charge on any atom is 0.358 e. The molecule has 5 nitrogen and oxygen atoms in total. The van der Waals surface area contributed by atoms with Gasteiger partial charge >= 0.3 is 5.97 Å². The van der Waals surface area contributed by atoms with Crippen LogP contribution in [-0.4, -0.2) is 29.4 Å². The van der Waals surface area contributed by atoms with Gasteiger partial charge in [0, 0.05) is 12.5 Å². The summed E-state index contributed by atoms with van der Waals surface area (Å²) >= 11 is 1.21. The maximum absolute atomic E-state index is 11.5. The quantitative estimate of drug-likeness (QED) is 0.671. The lowest BCUT2D eigenvalue weighted by molar-refractivity contribution is 0.0591. The number of anilines is 1. The topological polar surface area (TPSA) is 68.3 Å². The van der Waals surface area contributed by atoms with Crippen molar-refractivity contribution in [3.05, 3.63) is 10.6 Å². The normalized spacial score (nSPS) is 16.8. The van der Waals surface area contributed by atoms with Crippen LogP contribution in [0.4, 0.5) is 5.13 Å². The van der Waals surface area contributed by atoms with E-state index in [4.69, 9.17) is 0 Å². The number of carbonyl (C=O) groups is 2. The van der Waals surface area contributed by atoms with Crippen LogP contribution in [0.15, 0.2) is 0 Å². The third-order valence-electron chi connectivity index (χ3n) is 3.19. The number of hydrogen-bond acceptors (Lipinski definition) is 6. The molecule has 1 aromatic rings. The Kier molecular flexibility index (Phi) is 3.38. The molecule has 1 saturated carbocycles. The number of hydrogen-bond donors (Lipinski definition) is 1. The second-order valence-corrected chi connectivity index (χ2v) is 5.78. The van der Waals surface area contributed by atoms with Crippen LogP contribution in [0.1, 0.15) is 53.3 Å². The molecule has 0 amide bonds. The summed E-state index contributed by atoms with van der Waals surface area (Å²) in [7, 11) is 1.28. The molecular weight excluding hydrogens is 252 g/mol. The van der Waals surface area contributed by atoms with Crippen molar-refractivity contribution in [1.29, 1.82) is 0 Å². The highest BCUT2D eigenvalue weighted by Gasteiger charge is 2.33. The van der Waals surface area contributed by atoms with Gasteiger partial charge in [-0.25, -0.2) is 9.78 Å². The van der Waals surface area contributed by atoms with E-state index in [-0.39, 0.29) is 17.0 Å². The summed E-state index contributed by atoms with van der Waals surface area (Å²) < 4.78 is 4.64. The smallest absolute Gasteiger partial charge is 0.358 e. The minimum absolute atomic E-state index is 0.0410. The molecule has 1 aliphatic rings. The Balaban J connectivity index is 2.27. The first kappa shape index (κ1) is 13.0. The fraction of sp³-hybridized carbons (Fsp3) is 0.583. The fourth-order valence-electron chi connectivity index (χ4n) is 1.94. The number of aromatic nitrogens is 1. The van der Waals surface area contributed by atoms with Crippen LogP contribution in [0.5, 0.6) is 0 Å². The van der Waals surface area contributed by atoms with Gasteiger partial charge in [-0.2, -0.15) is 0 Å². The lowest BCUT2D eigenvalue weighted by atomic mass is 9.79. The number of nitrogens with one attached hydrogen (secondary N) is 1. The van der Waals surface area contributed by atoms with E-state index in [9.17, 15) is 9.59 Å². The lowest BCUT2D eigenvalue weighted by Crippen LogP contribution is -2.41. The van der Waals surface area contributed by atoms with Gasteiger partial charge in [0.25, 0.3) is 0 Å². The average Bonchev–Trinajstić information content (AvgIpc) is 2.70. The van der Waals surface area contributed by atoms with Crippen molar-refractivity contribution in [3.8, 4) is 0 Å². The molecular formula is C12H16N2O3S. The largest absolute Gasteiger partial charge is 0.464 e. The molecule has 0 unspecified atom stereocenters. The lowest BCUT2D eigenvalue weighted by Gasteiger charge is -2.39. The Labute approximate surface area is 110 Å². The first-order chi connectivity index (χ1) is 8.45. The molecule has 0 bridgehead atoms. The van der Waals surface area contributed by atoms with Crippen molar-refractivity contribution in [3.63, 3.8) is 0 Å². The van der Waals surface area contributed by atoms with Gasteiger partial charge in [0.2, 0.25) is 0 Å². The Morgan fingerprint density at radius 2 is 2.11 bits per heavy atom. The van der Waals surface area contributed by atoms with Crippen LogP contribution >= 0.6 is 11.3 Å². The number of methoxy groups -OCH3 is 1. The third-order valence-corrected chi connectivity index (χ3v) is 4.26. The molecule has 2 rings (SSSR count). The summed E-state index contributed by atoms with van der Waals surface area (Å²) in [5, 5.41) is 3.91. The van der Waals surface area contributed by atoms with E-state index in [1.807, 2.05) is 0 Å². The average molecular weight is 268 g/mol. The van der Waals surface area contributed by atoms with Gasteiger partial charge in [0.1, 0.15) is 4.88 Å². The van der Waals surface area contributed by atoms with Crippen molar-refractivity contribution < 1.29 is 14.3 Å². The molecule has 1 aliphatic carbocycles. The van der Waals surface area contributed by atoms with E-state index in [1.54, 1.807) is 0 Å². The third kappa shape index (κ3) is 2.38. The molecule has 0 atom stereocenters. The minimum atomic E-state index is -0.566. The molecule has 0 aromatic carbocycles. The fourth-order valence-corrected chi connectivity index (χ4v) is 2.93. The predicted octanol–water partition coefficient (Wildman–Crippen LogP) is 2.49. The van der Waals surface area contributed by atoms with Gasteiger partial charge in [-0.3, -0.25) is 4.79 Å². The number of ether oxygens (including phenoxy) is 1. The second-order valence-electron chi connectivity index (χ2n) is 4.78. The zero-order chi connectivity index (χ0) is 13.3. The number of esters is 1. The Hall–Kier alpha value is -1.43.